The van der Waals surface area contributed by atoms with Gasteiger partial charge >= 0.3 is 6.16 Å². The van der Waals surface area contributed by atoms with Gasteiger partial charge in [0, 0.05) is 0 Å². The highest BCUT2D eigenvalue weighted by molar-refractivity contribution is 5.57. The fraction of sp³-hybridized carbons (Fsp3) is 0.500. The Labute approximate surface area is 53.9 Å². The van der Waals surface area contributed by atoms with E-state index < -0.39 is 6.16 Å². The molecule has 3 heteroatoms. The summed E-state index contributed by atoms with van der Waals surface area (Å²) in [4.78, 5) is 9.83. The SMILES string of the molecule is C/C=C/C(C)OC(=O)O. The number of rotatable bonds is 2. The second-order valence-electron chi connectivity index (χ2n) is 1.61. The molecule has 0 aromatic heterocycles. The summed E-state index contributed by atoms with van der Waals surface area (Å²) < 4.78 is 4.32. The molecule has 1 atom stereocenters. The van der Waals surface area contributed by atoms with Crippen LogP contribution in [0.2, 0.25) is 0 Å². The van der Waals surface area contributed by atoms with Crippen LogP contribution in [0.25, 0.3) is 0 Å². The summed E-state index contributed by atoms with van der Waals surface area (Å²) in [6, 6.07) is 0. The fourth-order valence-electron chi connectivity index (χ4n) is 0.469. The molecule has 0 bridgehead atoms. The van der Waals surface area contributed by atoms with E-state index in [-0.39, 0.29) is 6.10 Å². The molecule has 0 saturated heterocycles. The molecule has 0 aromatic rings. The van der Waals surface area contributed by atoms with Crippen molar-refractivity contribution in [2.24, 2.45) is 0 Å². The molecule has 1 N–H and O–H groups in total. The van der Waals surface area contributed by atoms with Gasteiger partial charge in [-0.2, -0.15) is 0 Å². The van der Waals surface area contributed by atoms with Gasteiger partial charge in [0.2, 0.25) is 0 Å². The van der Waals surface area contributed by atoms with Crippen molar-refractivity contribution in [3.8, 4) is 0 Å². The van der Waals surface area contributed by atoms with Crippen LogP contribution in [-0.4, -0.2) is 17.4 Å². The lowest BCUT2D eigenvalue weighted by atomic mass is 10.4. The third-order valence-electron chi connectivity index (χ3n) is 0.750. The number of allylic oxidation sites excluding steroid dienone is 1. The third-order valence-corrected chi connectivity index (χ3v) is 0.750. The number of carbonyl (C=O) groups is 1. The highest BCUT2D eigenvalue weighted by atomic mass is 16.7. The third kappa shape index (κ3) is 4.87. The van der Waals surface area contributed by atoms with Gasteiger partial charge in [-0.05, 0) is 19.9 Å². The average Bonchev–Trinajstić information content (AvgIpc) is 1.63. The maximum absolute atomic E-state index is 9.83. The minimum atomic E-state index is -1.24. The van der Waals surface area contributed by atoms with Crippen molar-refractivity contribution in [1.29, 1.82) is 0 Å². The molecule has 0 aliphatic rings. The lowest BCUT2D eigenvalue weighted by Crippen LogP contribution is -2.09. The van der Waals surface area contributed by atoms with Crippen molar-refractivity contribution in [3.05, 3.63) is 12.2 Å². The topological polar surface area (TPSA) is 46.5 Å². The Hall–Kier alpha value is -0.990. The van der Waals surface area contributed by atoms with Crippen molar-refractivity contribution < 1.29 is 14.6 Å². The molecule has 0 aliphatic carbocycles. The maximum atomic E-state index is 9.83. The molecule has 52 valence electrons. The van der Waals surface area contributed by atoms with Crippen LogP contribution in [0.15, 0.2) is 12.2 Å². The van der Waals surface area contributed by atoms with Gasteiger partial charge in [-0.25, -0.2) is 4.79 Å². The molecule has 0 radical (unpaired) electrons. The number of hydrogen-bond acceptors (Lipinski definition) is 2. The summed E-state index contributed by atoms with van der Waals surface area (Å²) in [5.41, 5.74) is 0. The van der Waals surface area contributed by atoms with Crippen LogP contribution in [0.3, 0.4) is 0 Å². The van der Waals surface area contributed by atoms with E-state index in [0.717, 1.165) is 0 Å². The van der Waals surface area contributed by atoms with Crippen molar-refractivity contribution >= 4 is 6.16 Å². The van der Waals surface area contributed by atoms with Gasteiger partial charge in [0.1, 0.15) is 6.10 Å². The molecule has 9 heavy (non-hydrogen) atoms. The monoisotopic (exact) mass is 130 g/mol. The Kier molecular flexibility index (Phi) is 3.51. The van der Waals surface area contributed by atoms with Crippen LogP contribution >= 0.6 is 0 Å². The number of carboxylic acid groups (broad SMARTS) is 1. The molecule has 0 saturated carbocycles. The lowest BCUT2D eigenvalue weighted by Gasteiger charge is -2.02. The van der Waals surface area contributed by atoms with Crippen LogP contribution in [0.4, 0.5) is 4.79 Å². The van der Waals surface area contributed by atoms with Crippen LogP contribution in [0, 0.1) is 0 Å². The number of ether oxygens (including phenoxy) is 1. The highest BCUT2D eigenvalue weighted by Crippen LogP contribution is 1.91. The number of hydrogen-bond donors (Lipinski definition) is 1. The van der Waals surface area contributed by atoms with Gasteiger partial charge in [-0.15, -0.1) is 0 Å². The minimum absolute atomic E-state index is 0.340. The van der Waals surface area contributed by atoms with Gasteiger partial charge in [0.05, 0.1) is 0 Å². The van der Waals surface area contributed by atoms with Crippen molar-refractivity contribution in [1.82, 2.24) is 0 Å². The summed E-state index contributed by atoms with van der Waals surface area (Å²) in [6.07, 6.45) is 1.83. The second kappa shape index (κ2) is 3.95. The summed E-state index contributed by atoms with van der Waals surface area (Å²) in [7, 11) is 0. The second-order valence-corrected chi connectivity index (χ2v) is 1.61. The van der Waals surface area contributed by atoms with E-state index in [1.54, 1.807) is 19.1 Å². The first kappa shape index (κ1) is 8.01. The normalized spacial score (nSPS) is 13.6. The van der Waals surface area contributed by atoms with E-state index in [1.807, 2.05) is 6.92 Å². The molecule has 3 nitrogen and oxygen atoms in total. The Morgan fingerprint density at radius 1 is 1.78 bits per heavy atom. The molecule has 0 rings (SSSR count). The van der Waals surface area contributed by atoms with Crippen molar-refractivity contribution in [3.63, 3.8) is 0 Å². The summed E-state index contributed by atoms with van der Waals surface area (Å²) in [5, 5.41) is 8.05. The molecule has 0 amide bonds. The average molecular weight is 130 g/mol. The Bertz CT molecular complexity index is 117. The zero-order chi connectivity index (χ0) is 7.28. The predicted octanol–water partition coefficient (Wildman–Crippen LogP) is 1.65. The maximum Gasteiger partial charge on any atom is 0.506 e. The van der Waals surface area contributed by atoms with Crippen molar-refractivity contribution in [2.45, 2.75) is 20.0 Å². The van der Waals surface area contributed by atoms with Crippen LogP contribution in [0.5, 0.6) is 0 Å². The molecule has 0 aliphatic heterocycles. The first-order chi connectivity index (χ1) is 4.16. The predicted molar refractivity (Wildman–Crippen MR) is 33.4 cm³/mol. The van der Waals surface area contributed by atoms with Gasteiger partial charge < -0.3 is 9.84 Å². The summed E-state index contributed by atoms with van der Waals surface area (Å²) in [5.74, 6) is 0. The quantitative estimate of drug-likeness (QED) is 0.456. The van der Waals surface area contributed by atoms with E-state index in [4.69, 9.17) is 5.11 Å². The van der Waals surface area contributed by atoms with E-state index in [0.29, 0.717) is 0 Å². The van der Waals surface area contributed by atoms with Gasteiger partial charge in [-0.1, -0.05) is 6.08 Å². The smallest absolute Gasteiger partial charge is 0.450 e. The van der Waals surface area contributed by atoms with Crippen molar-refractivity contribution in [2.75, 3.05) is 0 Å². The molecular formula is C6H10O3. The summed E-state index contributed by atoms with van der Waals surface area (Å²) >= 11 is 0. The molecule has 0 spiro atoms. The molecule has 0 fully saturated rings. The van der Waals surface area contributed by atoms with Gasteiger partial charge in [0.15, 0.2) is 0 Å². The Balaban J connectivity index is 3.50. The Morgan fingerprint density at radius 2 is 2.33 bits per heavy atom. The molecule has 0 aromatic carbocycles. The minimum Gasteiger partial charge on any atom is -0.450 e. The Morgan fingerprint density at radius 3 is 2.67 bits per heavy atom. The fourth-order valence-corrected chi connectivity index (χ4v) is 0.469. The van der Waals surface area contributed by atoms with Crippen LogP contribution in [0.1, 0.15) is 13.8 Å². The first-order valence-corrected chi connectivity index (χ1v) is 2.69. The molecule has 1 unspecified atom stereocenters. The van der Waals surface area contributed by atoms with E-state index in [2.05, 4.69) is 4.74 Å². The lowest BCUT2D eigenvalue weighted by molar-refractivity contribution is 0.0752. The van der Waals surface area contributed by atoms with Crippen LogP contribution in [-0.2, 0) is 4.74 Å². The van der Waals surface area contributed by atoms with Crippen LogP contribution < -0.4 is 0 Å². The standard InChI is InChI=1S/C6H10O3/c1-3-4-5(2)9-6(7)8/h3-5H,1-2H3,(H,7,8)/b4-3+. The first-order valence-electron chi connectivity index (χ1n) is 2.69. The summed E-state index contributed by atoms with van der Waals surface area (Å²) in [6.45, 7) is 3.47. The van der Waals surface area contributed by atoms with E-state index in [9.17, 15) is 4.79 Å². The highest BCUT2D eigenvalue weighted by Gasteiger charge is 2.00. The zero-order valence-electron chi connectivity index (χ0n) is 5.50. The van der Waals surface area contributed by atoms with E-state index >= 15 is 0 Å². The van der Waals surface area contributed by atoms with E-state index in [1.165, 1.54) is 0 Å². The van der Waals surface area contributed by atoms with Gasteiger partial charge in [0.25, 0.3) is 0 Å². The zero-order valence-corrected chi connectivity index (χ0v) is 5.50. The largest absolute Gasteiger partial charge is 0.506 e. The molecular weight excluding hydrogens is 120 g/mol. The molecule has 0 heterocycles. The van der Waals surface area contributed by atoms with Gasteiger partial charge in [-0.3, -0.25) is 0 Å².